The van der Waals surface area contributed by atoms with Crippen molar-refractivity contribution >= 4 is 0 Å². The zero-order valence-electron chi connectivity index (χ0n) is 7.52. The largest absolute Gasteiger partial charge is 0.219 e. The fourth-order valence-corrected chi connectivity index (χ4v) is 1.10. The topological polar surface area (TPSA) is 66.4 Å². The standard InChI is InChI=1S/C7H14O6/c1-7(4-5-7)3-2-6-9-11-13-12-10-8/h8H,2-6H2,1H3. The molecule has 6 nitrogen and oxygen atoms in total. The van der Waals surface area contributed by atoms with E-state index in [-0.39, 0.29) is 0 Å². The van der Waals surface area contributed by atoms with Crippen molar-refractivity contribution in [2.24, 2.45) is 5.41 Å². The molecule has 78 valence electrons. The van der Waals surface area contributed by atoms with Gasteiger partial charge in [-0.3, -0.25) is 0 Å². The van der Waals surface area contributed by atoms with Gasteiger partial charge in [-0.25, -0.2) is 10.1 Å². The third-order valence-electron chi connectivity index (χ3n) is 2.25. The SMILES string of the molecule is CC1(CCCOOOOOO)CC1. The minimum absolute atomic E-state index is 0.421. The maximum atomic E-state index is 7.60. The molecule has 0 atom stereocenters. The van der Waals surface area contributed by atoms with Crippen molar-refractivity contribution in [2.75, 3.05) is 6.61 Å². The van der Waals surface area contributed by atoms with Crippen molar-refractivity contribution in [3.05, 3.63) is 0 Å². The molecule has 0 aromatic rings. The molecule has 0 aromatic heterocycles. The molecule has 0 radical (unpaired) electrons. The third-order valence-corrected chi connectivity index (χ3v) is 2.25. The van der Waals surface area contributed by atoms with Gasteiger partial charge in [0.25, 0.3) is 0 Å². The predicted octanol–water partition coefficient (Wildman–Crippen LogP) is 1.78. The first-order valence-electron chi connectivity index (χ1n) is 4.20. The zero-order valence-corrected chi connectivity index (χ0v) is 7.52. The van der Waals surface area contributed by atoms with Gasteiger partial charge in [0.2, 0.25) is 0 Å². The Morgan fingerprint density at radius 1 is 1.23 bits per heavy atom. The van der Waals surface area contributed by atoms with E-state index in [0.717, 1.165) is 12.8 Å². The molecule has 0 aromatic carbocycles. The normalized spacial score (nSPS) is 18.9. The zero-order chi connectivity index (χ0) is 9.57. The van der Waals surface area contributed by atoms with Crippen LogP contribution in [0.5, 0.6) is 0 Å². The maximum Gasteiger partial charge on any atom is 0.0855 e. The van der Waals surface area contributed by atoms with E-state index < -0.39 is 0 Å². The van der Waals surface area contributed by atoms with E-state index in [0.29, 0.717) is 12.0 Å². The van der Waals surface area contributed by atoms with Gasteiger partial charge in [-0.15, -0.1) is 0 Å². The number of hydrogen-bond donors (Lipinski definition) is 1. The molecular formula is C7H14O6. The minimum Gasteiger partial charge on any atom is -0.219 e. The van der Waals surface area contributed by atoms with Gasteiger partial charge in [-0.1, -0.05) is 6.92 Å². The monoisotopic (exact) mass is 194 g/mol. The summed E-state index contributed by atoms with van der Waals surface area (Å²) in [6.45, 7) is 2.66. The average molecular weight is 194 g/mol. The minimum atomic E-state index is 0.421. The molecule has 0 amide bonds. The highest BCUT2D eigenvalue weighted by Gasteiger charge is 2.36. The van der Waals surface area contributed by atoms with Crippen LogP contribution in [0.1, 0.15) is 32.6 Å². The molecule has 1 fully saturated rings. The van der Waals surface area contributed by atoms with Gasteiger partial charge in [0.05, 0.1) is 6.61 Å². The summed E-state index contributed by atoms with van der Waals surface area (Å²) in [5, 5.41) is 21.9. The summed E-state index contributed by atoms with van der Waals surface area (Å²) in [4.78, 5) is 4.52. The Bertz CT molecular complexity index is 135. The summed E-state index contributed by atoms with van der Waals surface area (Å²) in [5.74, 6) is 0. The van der Waals surface area contributed by atoms with Crippen molar-refractivity contribution in [3.8, 4) is 0 Å². The highest BCUT2D eigenvalue weighted by Crippen LogP contribution is 2.48. The molecule has 1 aliphatic carbocycles. The lowest BCUT2D eigenvalue weighted by atomic mass is 10.0. The van der Waals surface area contributed by atoms with E-state index in [9.17, 15) is 0 Å². The van der Waals surface area contributed by atoms with Gasteiger partial charge in [-0.2, -0.15) is 0 Å². The van der Waals surface area contributed by atoms with Gasteiger partial charge in [-0.05, 0) is 51.3 Å². The first-order valence-corrected chi connectivity index (χ1v) is 4.20. The van der Waals surface area contributed by atoms with Crippen LogP contribution in [-0.4, -0.2) is 11.9 Å². The van der Waals surface area contributed by atoms with Crippen molar-refractivity contribution in [1.82, 2.24) is 0 Å². The van der Waals surface area contributed by atoms with Gasteiger partial charge in [0, 0.05) is 0 Å². The Morgan fingerprint density at radius 3 is 2.62 bits per heavy atom. The summed E-state index contributed by atoms with van der Waals surface area (Å²) >= 11 is 0. The molecule has 1 rings (SSSR count). The molecule has 0 bridgehead atoms. The molecule has 13 heavy (non-hydrogen) atoms. The molecule has 0 aliphatic heterocycles. The Hall–Kier alpha value is -0.240. The molecule has 0 spiro atoms. The molecule has 0 saturated heterocycles. The van der Waals surface area contributed by atoms with Crippen molar-refractivity contribution in [1.29, 1.82) is 0 Å². The fourth-order valence-electron chi connectivity index (χ4n) is 1.10. The molecule has 6 heteroatoms. The predicted molar refractivity (Wildman–Crippen MR) is 39.5 cm³/mol. The van der Waals surface area contributed by atoms with Crippen LogP contribution >= 0.6 is 0 Å². The third kappa shape index (κ3) is 5.14. The highest BCUT2D eigenvalue weighted by molar-refractivity contribution is 4.87. The Morgan fingerprint density at radius 2 is 2.00 bits per heavy atom. The highest BCUT2D eigenvalue weighted by atomic mass is 17.8. The molecule has 1 N–H and O–H groups in total. The summed E-state index contributed by atoms with van der Waals surface area (Å²) in [5.41, 5.74) is 0.523. The molecule has 1 saturated carbocycles. The fraction of sp³-hybridized carbons (Fsp3) is 1.00. The van der Waals surface area contributed by atoms with Gasteiger partial charge < -0.3 is 0 Å². The van der Waals surface area contributed by atoms with Crippen molar-refractivity contribution in [3.63, 3.8) is 0 Å². The summed E-state index contributed by atoms with van der Waals surface area (Å²) in [6, 6.07) is 0. The van der Waals surface area contributed by atoms with Crippen LogP contribution in [0.2, 0.25) is 0 Å². The molecule has 0 unspecified atom stereocenters. The average Bonchev–Trinajstić information content (AvgIpc) is 2.83. The first kappa shape index (κ1) is 10.8. The van der Waals surface area contributed by atoms with Crippen LogP contribution in [0.25, 0.3) is 0 Å². The molecule has 0 heterocycles. The van der Waals surface area contributed by atoms with Gasteiger partial charge in [0.15, 0.2) is 0 Å². The van der Waals surface area contributed by atoms with E-state index in [1.54, 1.807) is 0 Å². The van der Waals surface area contributed by atoms with Crippen molar-refractivity contribution < 1.29 is 30.3 Å². The maximum absolute atomic E-state index is 7.60. The smallest absolute Gasteiger partial charge is 0.0855 e. The first-order chi connectivity index (χ1) is 6.27. The van der Waals surface area contributed by atoms with E-state index in [4.69, 9.17) is 5.26 Å². The lowest BCUT2D eigenvalue weighted by Gasteiger charge is -2.05. The van der Waals surface area contributed by atoms with E-state index in [1.165, 1.54) is 12.8 Å². The van der Waals surface area contributed by atoms with E-state index in [1.807, 2.05) is 0 Å². The Labute approximate surface area is 75.9 Å². The number of hydrogen-bond acceptors (Lipinski definition) is 6. The van der Waals surface area contributed by atoms with Crippen LogP contribution < -0.4 is 0 Å². The van der Waals surface area contributed by atoms with Gasteiger partial charge >= 0.3 is 0 Å². The van der Waals surface area contributed by atoms with Crippen LogP contribution in [-0.2, 0) is 25.0 Å². The second-order valence-corrected chi connectivity index (χ2v) is 3.51. The van der Waals surface area contributed by atoms with Crippen LogP contribution in [0.4, 0.5) is 0 Å². The summed E-state index contributed by atoms with van der Waals surface area (Å²) in [7, 11) is 0. The lowest BCUT2D eigenvalue weighted by molar-refractivity contribution is -0.753. The quantitative estimate of drug-likeness (QED) is 0.361. The Balaban J connectivity index is 1.74. The van der Waals surface area contributed by atoms with Crippen molar-refractivity contribution in [2.45, 2.75) is 32.6 Å². The van der Waals surface area contributed by atoms with E-state index in [2.05, 4.69) is 32.0 Å². The molecular weight excluding hydrogens is 180 g/mol. The lowest BCUT2D eigenvalue weighted by Crippen LogP contribution is -2.01. The van der Waals surface area contributed by atoms with Crippen LogP contribution in [0.3, 0.4) is 0 Å². The second kappa shape index (κ2) is 5.48. The molecule has 1 aliphatic rings. The Kier molecular flexibility index (Phi) is 4.57. The summed E-state index contributed by atoms with van der Waals surface area (Å²) in [6.07, 6.45) is 4.62. The number of rotatable bonds is 8. The second-order valence-electron chi connectivity index (χ2n) is 3.51. The van der Waals surface area contributed by atoms with Crippen LogP contribution in [0, 0.1) is 5.41 Å². The van der Waals surface area contributed by atoms with E-state index >= 15 is 0 Å². The summed E-state index contributed by atoms with van der Waals surface area (Å²) < 4.78 is 0. The van der Waals surface area contributed by atoms with Crippen LogP contribution in [0.15, 0.2) is 0 Å². The van der Waals surface area contributed by atoms with Gasteiger partial charge in [0.1, 0.15) is 0 Å².